The zero-order chi connectivity index (χ0) is 13.1. The summed E-state index contributed by atoms with van der Waals surface area (Å²) in [5, 5.41) is 16.4. The van der Waals surface area contributed by atoms with Crippen molar-refractivity contribution in [2.75, 3.05) is 6.54 Å². The highest BCUT2D eigenvalue weighted by Gasteiger charge is 2.21. The summed E-state index contributed by atoms with van der Waals surface area (Å²) in [5.41, 5.74) is 0.998. The fraction of sp³-hybridized carbons (Fsp3) is 0.769. The highest BCUT2D eigenvalue weighted by atomic mass is 32.1. The second-order valence-electron chi connectivity index (χ2n) is 5.84. The van der Waals surface area contributed by atoms with Crippen LogP contribution in [0.3, 0.4) is 0 Å². The van der Waals surface area contributed by atoms with Crippen LogP contribution in [0, 0.1) is 5.41 Å². The van der Waals surface area contributed by atoms with E-state index in [1.807, 2.05) is 20.8 Å². The van der Waals surface area contributed by atoms with Gasteiger partial charge in [0, 0.05) is 24.4 Å². The molecular formula is C13H24N2OS. The van der Waals surface area contributed by atoms with Crippen molar-refractivity contribution >= 4 is 11.3 Å². The van der Waals surface area contributed by atoms with Crippen LogP contribution < -0.4 is 5.32 Å². The number of nitrogens with one attached hydrogen (secondary N) is 1. The molecular weight excluding hydrogens is 232 g/mol. The quantitative estimate of drug-likeness (QED) is 0.851. The molecule has 0 saturated carbocycles. The molecule has 3 nitrogen and oxygen atoms in total. The van der Waals surface area contributed by atoms with Gasteiger partial charge in [-0.2, -0.15) is 0 Å². The van der Waals surface area contributed by atoms with E-state index in [0.29, 0.717) is 12.5 Å². The minimum Gasteiger partial charge on any atom is -0.391 e. The maximum absolute atomic E-state index is 9.88. The van der Waals surface area contributed by atoms with Crippen LogP contribution in [0.2, 0.25) is 0 Å². The van der Waals surface area contributed by atoms with Crippen LogP contribution in [0.15, 0.2) is 5.38 Å². The van der Waals surface area contributed by atoms with Crippen molar-refractivity contribution in [1.82, 2.24) is 10.3 Å². The maximum Gasteiger partial charge on any atom is 0.0954 e. The lowest BCUT2D eigenvalue weighted by Gasteiger charge is -2.25. The van der Waals surface area contributed by atoms with Gasteiger partial charge < -0.3 is 10.4 Å². The van der Waals surface area contributed by atoms with E-state index in [0.717, 1.165) is 12.2 Å². The van der Waals surface area contributed by atoms with E-state index in [4.69, 9.17) is 0 Å². The summed E-state index contributed by atoms with van der Waals surface area (Å²) >= 11 is 1.71. The third kappa shape index (κ3) is 4.74. The van der Waals surface area contributed by atoms with Crippen LogP contribution in [-0.4, -0.2) is 22.7 Å². The predicted molar refractivity (Wildman–Crippen MR) is 73.4 cm³/mol. The van der Waals surface area contributed by atoms with Gasteiger partial charge in [-0.05, 0) is 5.41 Å². The summed E-state index contributed by atoms with van der Waals surface area (Å²) in [5.74, 6) is 0.494. The molecule has 1 atom stereocenters. The molecule has 0 spiro atoms. The minimum absolute atomic E-state index is 0.0713. The van der Waals surface area contributed by atoms with Crippen molar-refractivity contribution < 1.29 is 5.11 Å². The third-order valence-corrected chi connectivity index (χ3v) is 3.90. The Bertz CT molecular complexity index is 341. The molecule has 1 aromatic rings. The van der Waals surface area contributed by atoms with Gasteiger partial charge in [-0.3, -0.25) is 0 Å². The van der Waals surface area contributed by atoms with Gasteiger partial charge in [0.05, 0.1) is 16.8 Å². The summed E-state index contributed by atoms with van der Waals surface area (Å²) < 4.78 is 0. The standard InChI is InChI=1S/C13H24N2OS/c1-9(2)12-15-10(8-17-12)6-14-7-11(16)13(3,4)5/h8-9,11,14,16H,6-7H2,1-5H3. The van der Waals surface area contributed by atoms with Gasteiger partial charge in [0.15, 0.2) is 0 Å². The zero-order valence-electron chi connectivity index (χ0n) is 11.4. The molecule has 0 fully saturated rings. The Kier molecular flexibility index (Phi) is 5.10. The van der Waals surface area contributed by atoms with Crippen LogP contribution in [0.4, 0.5) is 0 Å². The summed E-state index contributed by atoms with van der Waals surface area (Å²) in [6.07, 6.45) is -0.328. The average Bonchev–Trinajstić information content (AvgIpc) is 2.64. The Labute approximate surface area is 108 Å². The smallest absolute Gasteiger partial charge is 0.0954 e. The zero-order valence-corrected chi connectivity index (χ0v) is 12.3. The largest absolute Gasteiger partial charge is 0.391 e. The Morgan fingerprint density at radius 2 is 2.06 bits per heavy atom. The van der Waals surface area contributed by atoms with Crippen LogP contribution in [-0.2, 0) is 6.54 Å². The van der Waals surface area contributed by atoms with Gasteiger partial charge in [0.2, 0.25) is 0 Å². The van der Waals surface area contributed by atoms with E-state index in [9.17, 15) is 5.11 Å². The topological polar surface area (TPSA) is 45.2 Å². The third-order valence-electron chi connectivity index (χ3n) is 2.71. The van der Waals surface area contributed by atoms with Crippen molar-refractivity contribution in [3.63, 3.8) is 0 Å². The van der Waals surface area contributed by atoms with Gasteiger partial charge in [-0.1, -0.05) is 34.6 Å². The van der Waals surface area contributed by atoms with Gasteiger partial charge >= 0.3 is 0 Å². The Morgan fingerprint density at radius 3 is 2.53 bits per heavy atom. The van der Waals surface area contributed by atoms with E-state index in [2.05, 4.69) is 29.5 Å². The SMILES string of the molecule is CC(C)c1nc(CNCC(O)C(C)(C)C)cs1. The van der Waals surface area contributed by atoms with Crippen molar-refractivity contribution in [1.29, 1.82) is 0 Å². The van der Waals surface area contributed by atoms with Gasteiger partial charge in [0.25, 0.3) is 0 Å². The van der Waals surface area contributed by atoms with Crippen molar-refractivity contribution in [3.8, 4) is 0 Å². The number of thiazole rings is 1. The Balaban J connectivity index is 2.36. The first-order valence-corrected chi connectivity index (χ1v) is 7.01. The van der Waals surface area contributed by atoms with Crippen molar-refractivity contribution in [3.05, 3.63) is 16.1 Å². The lowest BCUT2D eigenvalue weighted by Crippen LogP contribution is -2.36. The molecule has 0 amide bonds. The van der Waals surface area contributed by atoms with Gasteiger partial charge in [0.1, 0.15) is 0 Å². The molecule has 1 rings (SSSR count). The first-order chi connectivity index (χ1) is 7.80. The second-order valence-corrected chi connectivity index (χ2v) is 6.73. The molecule has 1 unspecified atom stereocenters. The van der Waals surface area contributed by atoms with Crippen molar-refractivity contribution in [2.45, 2.75) is 53.2 Å². The number of aromatic nitrogens is 1. The number of aliphatic hydroxyl groups excluding tert-OH is 1. The van der Waals surface area contributed by atoms with E-state index in [-0.39, 0.29) is 11.5 Å². The van der Waals surface area contributed by atoms with Crippen LogP contribution in [0.25, 0.3) is 0 Å². The fourth-order valence-corrected chi connectivity index (χ4v) is 2.15. The summed E-state index contributed by atoms with van der Waals surface area (Å²) in [7, 11) is 0. The van der Waals surface area contributed by atoms with Gasteiger partial charge in [-0.25, -0.2) is 4.98 Å². The number of hydrogen-bond donors (Lipinski definition) is 2. The highest BCUT2D eigenvalue weighted by Crippen LogP contribution is 2.20. The van der Waals surface area contributed by atoms with E-state index < -0.39 is 0 Å². The number of aliphatic hydroxyl groups is 1. The first kappa shape index (κ1) is 14.6. The number of hydrogen-bond acceptors (Lipinski definition) is 4. The Hall–Kier alpha value is -0.450. The monoisotopic (exact) mass is 256 g/mol. The first-order valence-electron chi connectivity index (χ1n) is 6.13. The second kappa shape index (κ2) is 5.94. The molecule has 0 aliphatic carbocycles. The molecule has 0 saturated heterocycles. The van der Waals surface area contributed by atoms with Crippen LogP contribution >= 0.6 is 11.3 Å². The fourth-order valence-electron chi connectivity index (χ4n) is 1.31. The molecule has 1 heterocycles. The highest BCUT2D eigenvalue weighted by molar-refractivity contribution is 7.09. The van der Waals surface area contributed by atoms with Gasteiger partial charge in [-0.15, -0.1) is 11.3 Å². The maximum atomic E-state index is 9.88. The summed E-state index contributed by atoms with van der Waals surface area (Å²) in [6, 6.07) is 0. The normalized spacial score (nSPS) is 14.3. The van der Waals surface area contributed by atoms with E-state index >= 15 is 0 Å². The molecule has 2 N–H and O–H groups in total. The molecule has 4 heteroatoms. The molecule has 0 aromatic carbocycles. The summed E-state index contributed by atoms with van der Waals surface area (Å²) in [6.45, 7) is 11.8. The van der Waals surface area contributed by atoms with Crippen LogP contribution in [0.1, 0.15) is 51.2 Å². The molecule has 0 radical (unpaired) electrons. The predicted octanol–water partition coefficient (Wildman–Crippen LogP) is 2.76. The van der Waals surface area contributed by atoms with E-state index in [1.54, 1.807) is 11.3 Å². The molecule has 1 aromatic heterocycles. The summed E-state index contributed by atoms with van der Waals surface area (Å²) in [4.78, 5) is 4.54. The minimum atomic E-state index is -0.328. The number of rotatable bonds is 5. The number of nitrogens with zero attached hydrogens (tertiary/aromatic N) is 1. The molecule has 0 aliphatic rings. The van der Waals surface area contributed by atoms with E-state index in [1.165, 1.54) is 5.01 Å². The Morgan fingerprint density at radius 1 is 1.41 bits per heavy atom. The molecule has 0 aliphatic heterocycles. The molecule has 98 valence electrons. The van der Waals surface area contributed by atoms with Crippen LogP contribution in [0.5, 0.6) is 0 Å². The molecule has 0 bridgehead atoms. The molecule has 17 heavy (non-hydrogen) atoms. The lowest BCUT2D eigenvalue weighted by molar-refractivity contribution is 0.0627. The average molecular weight is 256 g/mol. The lowest BCUT2D eigenvalue weighted by atomic mass is 9.89. The van der Waals surface area contributed by atoms with Crippen molar-refractivity contribution in [2.24, 2.45) is 5.41 Å².